The Balaban J connectivity index is 1.70. The molecule has 0 saturated heterocycles. The molecule has 5 heteroatoms. The summed E-state index contributed by atoms with van der Waals surface area (Å²) >= 11 is 0. The van der Waals surface area contributed by atoms with Gasteiger partial charge < -0.3 is 10.6 Å². The van der Waals surface area contributed by atoms with Crippen LogP contribution in [0, 0.1) is 0 Å². The standard InChI is InChI=1S/C21H22N4O/c1-15(2)18-8-3-4-9-19(18)25-21(26)17-7-5-6-16(12-17)13-23-20-10-11-22-14-24-20/h3-12,14-15H,13H2,1-2H3,(H,25,26)(H,22,23,24). The van der Waals surface area contributed by atoms with Crippen molar-refractivity contribution in [2.24, 2.45) is 0 Å². The average Bonchev–Trinajstić information content (AvgIpc) is 2.67. The summed E-state index contributed by atoms with van der Waals surface area (Å²) in [5.41, 5.74) is 3.62. The lowest BCUT2D eigenvalue weighted by Gasteiger charge is -2.14. The van der Waals surface area contributed by atoms with Gasteiger partial charge in [-0.3, -0.25) is 4.79 Å². The molecule has 2 N–H and O–H groups in total. The van der Waals surface area contributed by atoms with Crippen LogP contribution >= 0.6 is 0 Å². The van der Waals surface area contributed by atoms with Crippen molar-refractivity contribution in [3.63, 3.8) is 0 Å². The summed E-state index contributed by atoms with van der Waals surface area (Å²) in [5, 5.41) is 6.25. The van der Waals surface area contributed by atoms with Crippen LogP contribution in [-0.4, -0.2) is 15.9 Å². The van der Waals surface area contributed by atoms with E-state index < -0.39 is 0 Å². The van der Waals surface area contributed by atoms with Crippen LogP contribution in [-0.2, 0) is 6.54 Å². The summed E-state index contributed by atoms with van der Waals surface area (Å²) in [6.45, 7) is 4.82. The fourth-order valence-corrected chi connectivity index (χ4v) is 2.72. The van der Waals surface area contributed by atoms with E-state index in [-0.39, 0.29) is 5.91 Å². The maximum absolute atomic E-state index is 12.7. The number of benzene rings is 2. The molecule has 1 heterocycles. The van der Waals surface area contributed by atoms with Crippen LogP contribution in [0.4, 0.5) is 11.5 Å². The molecule has 5 nitrogen and oxygen atoms in total. The van der Waals surface area contributed by atoms with Crippen molar-refractivity contribution >= 4 is 17.4 Å². The Morgan fingerprint density at radius 3 is 2.69 bits per heavy atom. The van der Waals surface area contributed by atoms with Gasteiger partial charge in [0, 0.05) is 24.0 Å². The lowest BCUT2D eigenvalue weighted by atomic mass is 10.0. The highest BCUT2D eigenvalue weighted by Gasteiger charge is 2.11. The van der Waals surface area contributed by atoms with Crippen LogP contribution in [0.1, 0.15) is 41.3 Å². The minimum atomic E-state index is -0.109. The molecule has 0 spiro atoms. The molecule has 0 saturated carbocycles. The summed E-state index contributed by atoms with van der Waals surface area (Å²) in [7, 11) is 0. The molecule has 0 bridgehead atoms. The van der Waals surface area contributed by atoms with E-state index in [0.29, 0.717) is 18.0 Å². The molecule has 0 aliphatic rings. The first-order valence-corrected chi connectivity index (χ1v) is 8.62. The third kappa shape index (κ3) is 4.45. The summed E-state index contributed by atoms with van der Waals surface area (Å²) in [4.78, 5) is 20.7. The molecule has 3 rings (SSSR count). The zero-order chi connectivity index (χ0) is 18.4. The second kappa shape index (κ2) is 8.25. The van der Waals surface area contributed by atoms with E-state index in [1.807, 2.05) is 48.5 Å². The van der Waals surface area contributed by atoms with Gasteiger partial charge in [-0.05, 0) is 41.3 Å². The van der Waals surface area contributed by atoms with E-state index in [2.05, 4.69) is 34.4 Å². The van der Waals surface area contributed by atoms with Gasteiger partial charge in [-0.1, -0.05) is 44.2 Å². The number of amides is 1. The van der Waals surface area contributed by atoms with Gasteiger partial charge in [0.05, 0.1) is 0 Å². The Morgan fingerprint density at radius 2 is 1.92 bits per heavy atom. The molecule has 2 aromatic carbocycles. The van der Waals surface area contributed by atoms with Crippen LogP contribution in [0.2, 0.25) is 0 Å². The van der Waals surface area contributed by atoms with E-state index in [4.69, 9.17) is 0 Å². The zero-order valence-corrected chi connectivity index (χ0v) is 14.9. The maximum atomic E-state index is 12.7. The highest BCUT2D eigenvalue weighted by atomic mass is 16.1. The summed E-state index contributed by atoms with van der Waals surface area (Å²) < 4.78 is 0. The SMILES string of the molecule is CC(C)c1ccccc1NC(=O)c1cccc(CNc2ccncn2)c1. The largest absolute Gasteiger partial charge is 0.366 e. The topological polar surface area (TPSA) is 66.9 Å². The highest BCUT2D eigenvalue weighted by molar-refractivity contribution is 6.04. The van der Waals surface area contributed by atoms with E-state index in [0.717, 1.165) is 22.6 Å². The number of rotatable bonds is 6. The van der Waals surface area contributed by atoms with Crippen molar-refractivity contribution in [1.29, 1.82) is 0 Å². The number of anilines is 2. The van der Waals surface area contributed by atoms with Crippen LogP contribution < -0.4 is 10.6 Å². The summed E-state index contributed by atoms with van der Waals surface area (Å²) in [6, 6.07) is 17.3. The molecule has 0 aliphatic heterocycles. The summed E-state index contributed by atoms with van der Waals surface area (Å²) in [6.07, 6.45) is 3.18. The Kier molecular flexibility index (Phi) is 5.59. The molecule has 26 heavy (non-hydrogen) atoms. The van der Waals surface area contributed by atoms with Gasteiger partial charge in [0.25, 0.3) is 5.91 Å². The number of para-hydroxylation sites is 1. The Morgan fingerprint density at radius 1 is 1.08 bits per heavy atom. The number of carbonyl (C=O) groups is 1. The van der Waals surface area contributed by atoms with E-state index in [1.165, 1.54) is 6.33 Å². The molecule has 0 unspecified atom stereocenters. The smallest absolute Gasteiger partial charge is 0.255 e. The van der Waals surface area contributed by atoms with Crippen LogP contribution in [0.15, 0.2) is 67.1 Å². The second-order valence-electron chi connectivity index (χ2n) is 6.34. The number of aromatic nitrogens is 2. The van der Waals surface area contributed by atoms with E-state index in [9.17, 15) is 4.79 Å². The fraction of sp³-hybridized carbons (Fsp3) is 0.190. The predicted molar refractivity (Wildman–Crippen MR) is 104 cm³/mol. The lowest BCUT2D eigenvalue weighted by Crippen LogP contribution is -2.14. The van der Waals surface area contributed by atoms with Gasteiger partial charge in [0.2, 0.25) is 0 Å². The molecule has 132 valence electrons. The van der Waals surface area contributed by atoms with Crippen molar-refractivity contribution in [3.8, 4) is 0 Å². The molecule has 3 aromatic rings. The van der Waals surface area contributed by atoms with Crippen molar-refractivity contribution in [1.82, 2.24) is 9.97 Å². The quantitative estimate of drug-likeness (QED) is 0.691. The molecule has 0 atom stereocenters. The maximum Gasteiger partial charge on any atom is 0.255 e. The molecule has 0 fully saturated rings. The van der Waals surface area contributed by atoms with Crippen molar-refractivity contribution in [3.05, 3.63) is 83.8 Å². The van der Waals surface area contributed by atoms with Crippen molar-refractivity contribution in [2.45, 2.75) is 26.3 Å². The highest BCUT2D eigenvalue weighted by Crippen LogP contribution is 2.24. The van der Waals surface area contributed by atoms with Gasteiger partial charge in [0.15, 0.2) is 0 Å². The zero-order valence-electron chi connectivity index (χ0n) is 14.9. The molecule has 1 aromatic heterocycles. The molecule has 0 radical (unpaired) electrons. The van der Waals surface area contributed by atoms with E-state index in [1.54, 1.807) is 12.3 Å². The van der Waals surface area contributed by atoms with Gasteiger partial charge in [-0.25, -0.2) is 9.97 Å². The van der Waals surface area contributed by atoms with Crippen molar-refractivity contribution < 1.29 is 4.79 Å². The molecule has 1 amide bonds. The third-order valence-corrected chi connectivity index (χ3v) is 4.08. The molecule has 0 aliphatic carbocycles. The van der Waals surface area contributed by atoms with Crippen LogP contribution in [0.3, 0.4) is 0 Å². The average molecular weight is 346 g/mol. The van der Waals surface area contributed by atoms with E-state index >= 15 is 0 Å². The monoisotopic (exact) mass is 346 g/mol. The van der Waals surface area contributed by atoms with Gasteiger partial charge in [-0.2, -0.15) is 0 Å². The minimum Gasteiger partial charge on any atom is -0.366 e. The van der Waals surface area contributed by atoms with Crippen LogP contribution in [0.5, 0.6) is 0 Å². The number of nitrogens with zero attached hydrogens (tertiary/aromatic N) is 2. The number of carbonyl (C=O) groups excluding carboxylic acids is 1. The number of hydrogen-bond donors (Lipinski definition) is 2. The Bertz CT molecular complexity index is 878. The first-order valence-electron chi connectivity index (χ1n) is 8.62. The minimum absolute atomic E-state index is 0.109. The molecular weight excluding hydrogens is 324 g/mol. The summed E-state index contributed by atoms with van der Waals surface area (Å²) in [5.74, 6) is 0.984. The van der Waals surface area contributed by atoms with Crippen molar-refractivity contribution in [2.75, 3.05) is 10.6 Å². The normalized spacial score (nSPS) is 10.6. The Labute approximate surface area is 153 Å². The van der Waals surface area contributed by atoms with Gasteiger partial charge in [0.1, 0.15) is 12.1 Å². The number of nitrogens with one attached hydrogen (secondary N) is 2. The van der Waals surface area contributed by atoms with Gasteiger partial charge in [-0.15, -0.1) is 0 Å². The first kappa shape index (κ1) is 17.6. The fourth-order valence-electron chi connectivity index (χ4n) is 2.72. The second-order valence-corrected chi connectivity index (χ2v) is 6.34. The third-order valence-electron chi connectivity index (χ3n) is 4.08. The lowest BCUT2D eigenvalue weighted by molar-refractivity contribution is 0.102. The molecular formula is C21H22N4O. The predicted octanol–water partition coefficient (Wildman–Crippen LogP) is 4.46. The van der Waals surface area contributed by atoms with Gasteiger partial charge >= 0.3 is 0 Å². The first-order chi connectivity index (χ1) is 12.6. The van der Waals surface area contributed by atoms with Crippen LogP contribution in [0.25, 0.3) is 0 Å². The number of hydrogen-bond acceptors (Lipinski definition) is 4. The Hall–Kier alpha value is -3.21.